The van der Waals surface area contributed by atoms with E-state index < -0.39 is 0 Å². The van der Waals surface area contributed by atoms with Crippen molar-refractivity contribution in [1.29, 1.82) is 0 Å². The molecule has 24 heavy (non-hydrogen) atoms. The maximum Gasteiger partial charge on any atom is 0.282 e. The lowest BCUT2D eigenvalue weighted by Gasteiger charge is -2.14. The molecule has 0 saturated carbocycles. The van der Waals surface area contributed by atoms with Crippen LogP contribution in [-0.4, -0.2) is 11.8 Å². The van der Waals surface area contributed by atoms with Crippen molar-refractivity contribution in [1.82, 2.24) is 5.43 Å². The summed E-state index contributed by atoms with van der Waals surface area (Å²) in [5, 5.41) is 4.30. The molecule has 1 N–H and O–H groups in total. The number of nitrogens with one attached hydrogen (secondary N) is 1. The molecule has 4 nitrogen and oxygen atoms in total. The zero-order valence-corrected chi connectivity index (χ0v) is 15.3. The second-order valence-corrected chi connectivity index (χ2v) is 7.46. The van der Waals surface area contributed by atoms with Gasteiger partial charge < -0.3 is 0 Å². The molecule has 2 aromatic carbocycles. The van der Waals surface area contributed by atoms with Crippen molar-refractivity contribution in [2.24, 2.45) is 0 Å². The second kappa shape index (κ2) is 6.03. The number of benzene rings is 2. The number of rotatable bonds is 2. The summed E-state index contributed by atoms with van der Waals surface area (Å²) in [6.07, 6.45) is 1.67. The Morgan fingerprint density at radius 3 is 2.58 bits per heavy atom. The molecule has 1 saturated heterocycles. The highest BCUT2D eigenvalue weighted by molar-refractivity contribution is 14.1. The van der Waals surface area contributed by atoms with Crippen LogP contribution in [0.4, 0.5) is 5.69 Å². The minimum Gasteiger partial charge on any atom is -0.267 e. The molecule has 0 bridgehead atoms. The first-order valence-electron chi connectivity index (χ1n) is 7.22. The van der Waals surface area contributed by atoms with Gasteiger partial charge in [0.2, 0.25) is 0 Å². The molecule has 1 fully saturated rings. The molecule has 118 valence electrons. The van der Waals surface area contributed by atoms with Crippen LogP contribution >= 0.6 is 33.9 Å². The number of carbonyl (C=O) groups excluding carboxylic acids is 2. The molecule has 1 aliphatic rings. The van der Waals surface area contributed by atoms with Gasteiger partial charge in [0.1, 0.15) is 5.57 Å². The van der Waals surface area contributed by atoms with E-state index in [-0.39, 0.29) is 17.4 Å². The number of thiophene rings is 1. The Hall–Kier alpha value is -2.19. The van der Waals surface area contributed by atoms with Crippen molar-refractivity contribution < 1.29 is 9.59 Å². The van der Waals surface area contributed by atoms with Crippen molar-refractivity contribution in [3.63, 3.8) is 0 Å². The lowest BCUT2D eigenvalue weighted by molar-refractivity contribution is -0.117. The van der Waals surface area contributed by atoms with Gasteiger partial charge in [-0.15, -0.1) is 11.3 Å². The van der Waals surface area contributed by atoms with E-state index in [1.54, 1.807) is 17.4 Å². The highest BCUT2D eigenvalue weighted by Gasteiger charge is 2.34. The Kier molecular flexibility index (Phi) is 3.85. The predicted octanol–water partition coefficient (Wildman–Crippen LogP) is 3.97. The van der Waals surface area contributed by atoms with E-state index in [4.69, 9.17) is 0 Å². The fraction of sp³-hybridized carbons (Fsp3) is 0. The molecule has 2 amide bonds. The second-order valence-electron chi connectivity index (χ2n) is 5.30. The van der Waals surface area contributed by atoms with E-state index in [1.165, 1.54) is 5.01 Å². The van der Waals surface area contributed by atoms with Gasteiger partial charge in [0.25, 0.3) is 11.8 Å². The highest BCUT2D eigenvalue weighted by atomic mass is 127. The first-order valence-corrected chi connectivity index (χ1v) is 9.18. The number of nitrogens with zero attached hydrogens (tertiary/aromatic N) is 1. The van der Waals surface area contributed by atoms with E-state index in [0.717, 1.165) is 19.2 Å². The predicted molar refractivity (Wildman–Crippen MR) is 105 cm³/mol. The first kappa shape index (κ1) is 15.3. The van der Waals surface area contributed by atoms with E-state index in [1.807, 2.05) is 53.9 Å². The molecule has 0 aliphatic carbocycles. The summed E-state index contributed by atoms with van der Waals surface area (Å²) in [6.45, 7) is 0. The summed E-state index contributed by atoms with van der Waals surface area (Å²) in [5.41, 5.74) is 4.31. The van der Waals surface area contributed by atoms with Crippen LogP contribution in [-0.2, 0) is 9.59 Å². The Bertz CT molecular complexity index is 992. The summed E-state index contributed by atoms with van der Waals surface area (Å²) < 4.78 is 2.19. The Morgan fingerprint density at radius 2 is 1.79 bits per heavy atom. The normalized spacial score (nSPS) is 16.2. The Labute approximate surface area is 155 Å². The number of halogens is 1. The van der Waals surface area contributed by atoms with Crippen LogP contribution in [0.3, 0.4) is 0 Å². The number of hydrazine groups is 1. The average molecular weight is 446 g/mol. The van der Waals surface area contributed by atoms with Gasteiger partial charge >= 0.3 is 0 Å². The fourth-order valence-electron chi connectivity index (χ4n) is 2.59. The standard InChI is InChI=1S/C18H11IN2O2S/c19-12-5-7-13(8-6-12)21-18(23)15(17(22)20-21)9-11-10-24-16-4-2-1-3-14(11)16/h1-10H,(H,20,22). The van der Waals surface area contributed by atoms with E-state index in [0.29, 0.717) is 5.69 Å². The van der Waals surface area contributed by atoms with Gasteiger partial charge in [-0.25, -0.2) is 5.01 Å². The molecule has 4 rings (SSSR count). The molecule has 1 aliphatic heterocycles. The number of fused-ring (bicyclic) bond motifs is 1. The number of hydrogen-bond acceptors (Lipinski definition) is 3. The maximum atomic E-state index is 12.6. The Morgan fingerprint density at radius 1 is 1.04 bits per heavy atom. The van der Waals surface area contributed by atoms with Crippen molar-refractivity contribution in [2.75, 3.05) is 5.01 Å². The van der Waals surface area contributed by atoms with Gasteiger partial charge in [-0.05, 0) is 75.3 Å². The molecule has 2 heterocycles. The zero-order valence-electron chi connectivity index (χ0n) is 12.3. The van der Waals surface area contributed by atoms with Crippen LogP contribution < -0.4 is 10.4 Å². The molecule has 0 atom stereocenters. The lowest BCUT2D eigenvalue weighted by Crippen LogP contribution is -2.35. The van der Waals surface area contributed by atoms with Crippen molar-refractivity contribution in [3.05, 3.63) is 68.6 Å². The van der Waals surface area contributed by atoms with E-state index >= 15 is 0 Å². The first-order chi connectivity index (χ1) is 11.6. The average Bonchev–Trinajstić information content (AvgIpc) is 3.12. The third-order valence-electron chi connectivity index (χ3n) is 3.79. The fourth-order valence-corrected chi connectivity index (χ4v) is 3.87. The van der Waals surface area contributed by atoms with Crippen LogP contribution in [0.15, 0.2) is 59.5 Å². The van der Waals surface area contributed by atoms with Gasteiger partial charge in [-0.1, -0.05) is 18.2 Å². The summed E-state index contributed by atoms with van der Waals surface area (Å²) in [4.78, 5) is 24.9. The smallest absolute Gasteiger partial charge is 0.267 e. The van der Waals surface area contributed by atoms with Gasteiger partial charge in [-0.2, -0.15) is 0 Å². The van der Waals surface area contributed by atoms with Gasteiger partial charge in [0, 0.05) is 8.27 Å². The lowest BCUT2D eigenvalue weighted by atomic mass is 10.1. The summed E-state index contributed by atoms with van der Waals surface area (Å²) in [6, 6.07) is 15.3. The van der Waals surface area contributed by atoms with Gasteiger partial charge in [-0.3, -0.25) is 15.0 Å². The number of amides is 2. The number of carbonyl (C=O) groups is 2. The Balaban J connectivity index is 1.72. The SMILES string of the molecule is O=C1NN(c2ccc(I)cc2)C(=O)C1=Cc1csc2ccccc12. The largest absolute Gasteiger partial charge is 0.282 e. The quantitative estimate of drug-likeness (QED) is 0.368. The van der Waals surface area contributed by atoms with Crippen LogP contribution in [0, 0.1) is 3.57 Å². The summed E-state index contributed by atoms with van der Waals surface area (Å²) >= 11 is 3.79. The zero-order chi connectivity index (χ0) is 16.7. The number of anilines is 1. The topological polar surface area (TPSA) is 49.4 Å². The minimum atomic E-state index is -0.381. The summed E-state index contributed by atoms with van der Waals surface area (Å²) in [7, 11) is 0. The maximum absolute atomic E-state index is 12.6. The van der Waals surface area contributed by atoms with Crippen LogP contribution in [0.5, 0.6) is 0 Å². The summed E-state index contributed by atoms with van der Waals surface area (Å²) in [5.74, 6) is -0.717. The number of hydrogen-bond donors (Lipinski definition) is 1. The molecule has 0 radical (unpaired) electrons. The van der Waals surface area contributed by atoms with Crippen molar-refractivity contribution in [2.45, 2.75) is 0 Å². The molecule has 6 heteroatoms. The van der Waals surface area contributed by atoms with Gasteiger partial charge in [0.15, 0.2) is 0 Å². The van der Waals surface area contributed by atoms with E-state index in [9.17, 15) is 9.59 Å². The molecular weight excluding hydrogens is 435 g/mol. The third-order valence-corrected chi connectivity index (χ3v) is 5.49. The molecule has 0 unspecified atom stereocenters. The molecular formula is C18H11IN2O2S. The molecule has 3 aromatic rings. The molecule has 1 aromatic heterocycles. The molecule has 0 spiro atoms. The highest BCUT2D eigenvalue weighted by Crippen LogP contribution is 2.29. The van der Waals surface area contributed by atoms with Crippen LogP contribution in [0.1, 0.15) is 5.56 Å². The van der Waals surface area contributed by atoms with Crippen molar-refractivity contribution >= 4 is 67.6 Å². The van der Waals surface area contributed by atoms with Crippen LogP contribution in [0.2, 0.25) is 0 Å². The minimum absolute atomic E-state index is 0.150. The van der Waals surface area contributed by atoms with Crippen molar-refractivity contribution in [3.8, 4) is 0 Å². The van der Waals surface area contributed by atoms with Gasteiger partial charge in [0.05, 0.1) is 5.69 Å². The monoisotopic (exact) mass is 446 g/mol. The van der Waals surface area contributed by atoms with E-state index in [2.05, 4.69) is 28.0 Å². The third kappa shape index (κ3) is 2.61. The van der Waals surface area contributed by atoms with Crippen LogP contribution in [0.25, 0.3) is 16.2 Å².